The number of nitrogens with one attached hydrogen (secondary N) is 1. The van der Waals surface area contributed by atoms with Crippen molar-refractivity contribution in [2.24, 2.45) is 0 Å². The van der Waals surface area contributed by atoms with Gasteiger partial charge in [0.25, 0.3) is 15.2 Å². The van der Waals surface area contributed by atoms with Crippen molar-refractivity contribution in [1.29, 1.82) is 0 Å². The summed E-state index contributed by atoms with van der Waals surface area (Å²) < 4.78 is 40.5. The van der Waals surface area contributed by atoms with E-state index < -0.39 is 16.1 Å². The van der Waals surface area contributed by atoms with Gasteiger partial charge in [-0.15, -0.1) is 0 Å². The van der Waals surface area contributed by atoms with E-state index in [0.29, 0.717) is 44.5 Å². The largest absolute Gasteiger partial charge is 0.367 e. The number of halogens is 1. The van der Waals surface area contributed by atoms with Crippen molar-refractivity contribution in [2.45, 2.75) is 24.0 Å². The van der Waals surface area contributed by atoms with Crippen molar-refractivity contribution in [1.82, 2.24) is 29.4 Å². The van der Waals surface area contributed by atoms with Crippen molar-refractivity contribution < 1.29 is 17.6 Å². The van der Waals surface area contributed by atoms with Gasteiger partial charge < -0.3 is 9.80 Å². The summed E-state index contributed by atoms with van der Waals surface area (Å²) in [5.41, 5.74) is 1.53. The Morgan fingerprint density at radius 2 is 1.91 bits per heavy atom. The Morgan fingerprint density at radius 3 is 2.66 bits per heavy atom. The van der Waals surface area contributed by atoms with E-state index in [1.807, 2.05) is 6.07 Å². The fourth-order valence-electron chi connectivity index (χ4n) is 4.46. The van der Waals surface area contributed by atoms with Crippen LogP contribution in [0.1, 0.15) is 12.8 Å². The van der Waals surface area contributed by atoms with Crippen LogP contribution in [-0.4, -0.2) is 82.5 Å². The second-order valence-corrected chi connectivity index (χ2v) is 9.67. The molecule has 4 heterocycles. The van der Waals surface area contributed by atoms with E-state index in [4.69, 9.17) is 0 Å². The number of aromatic amines is 1. The number of aromatic nitrogens is 4. The zero-order chi connectivity index (χ0) is 22.3. The third kappa shape index (κ3) is 3.58. The number of rotatable bonds is 4. The van der Waals surface area contributed by atoms with Gasteiger partial charge in [-0.2, -0.15) is 9.40 Å². The molecule has 2 aliphatic heterocycles. The molecule has 2 aromatic heterocycles. The summed E-state index contributed by atoms with van der Waals surface area (Å²) in [7, 11) is -3.90. The molecule has 3 aromatic rings. The summed E-state index contributed by atoms with van der Waals surface area (Å²) in [6.45, 7) is 2.39. The molecule has 1 atom stereocenters. The van der Waals surface area contributed by atoms with Crippen LogP contribution < -0.4 is 4.90 Å². The number of carbonyl (C=O) groups excluding carboxylic acids is 1. The highest BCUT2D eigenvalue weighted by molar-refractivity contribution is 7.89. The molecule has 0 saturated carbocycles. The number of piperazine rings is 1. The van der Waals surface area contributed by atoms with Crippen molar-refractivity contribution in [3.63, 3.8) is 0 Å². The molecular weight excluding hydrogens is 437 g/mol. The Kier molecular flexibility index (Phi) is 5.25. The summed E-state index contributed by atoms with van der Waals surface area (Å²) in [4.78, 5) is 25.1. The number of anilines is 1. The minimum absolute atomic E-state index is 0.188. The maximum atomic E-state index is 13.6. The van der Waals surface area contributed by atoms with Crippen LogP contribution in [0.5, 0.6) is 0 Å². The van der Waals surface area contributed by atoms with Crippen LogP contribution in [0.4, 0.5) is 10.1 Å². The molecule has 1 aromatic carbocycles. The fourth-order valence-corrected chi connectivity index (χ4v) is 5.94. The molecule has 2 saturated heterocycles. The van der Waals surface area contributed by atoms with Crippen LogP contribution in [0.25, 0.3) is 10.9 Å². The summed E-state index contributed by atoms with van der Waals surface area (Å²) in [6, 6.07) is 5.69. The first-order chi connectivity index (χ1) is 15.4. The number of nitrogens with zero attached hydrogens (tertiary/aromatic N) is 6. The average molecular weight is 460 g/mol. The maximum Gasteiger partial charge on any atom is 0.279 e. The molecule has 2 fully saturated rings. The molecule has 32 heavy (non-hydrogen) atoms. The lowest BCUT2D eigenvalue weighted by Crippen LogP contribution is -2.54. The Morgan fingerprint density at radius 1 is 1.09 bits per heavy atom. The molecule has 168 valence electrons. The zero-order valence-corrected chi connectivity index (χ0v) is 18.0. The standard InChI is InChI=1S/C20H22FN7O3S/c21-14-3-4-15-16(12-14)22-6-5-17(15)26-8-10-27(11-9-26)19(29)18-2-1-7-28(18)32(30,31)20-23-13-24-25-20/h3-6,12-13,18H,1-2,7-11H2,(H,23,24,25)/t18-/m1/s1. The molecule has 1 amide bonds. The minimum atomic E-state index is -3.90. The highest BCUT2D eigenvalue weighted by Crippen LogP contribution is 2.29. The van der Waals surface area contributed by atoms with Crippen molar-refractivity contribution >= 4 is 32.5 Å². The van der Waals surface area contributed by atoms with Crippen molar-refractivity contribution in [3.8, 4) is 0 Å². The number of hydrogen-bond donors (Lipinski definition) is 1. The van der Waals surface area contributed by atoms with E-state index in [1.54, 1.807) is 17.2 Å². The highest BCUT2D eigenvalue weighted by atomic mass is 32.2. The van der Waals surface area contributed by atoms with Gasteiger partial charge in [0, 0.05) is 56.1 Å². The van der Waals surface area contributed by atoms with Crippen LogP contribution in [0, 0.1) is 5.82 Å². The normalized spacial score (nSPS) is 20.2. The van der Waals surface area contributed by atoms with Gasteiger partial charge in [0.2, 0.25) is 5.91 Å². The fraction of sp³-hybridized carbons (Fsp3) is 0.400. The first kappa shape index (κ1) is 20.8. The number of hydrogen-bond acceptors (Lipinski definition) is 7. The molecule has 10 nitrogen and oxygen atoms in total. The van der Waals surface area contributed by atoms with Crippen LogP contribution >= 0.6 is 0 Å². The predicted molar refractivity (Wildman–Crippen MR) is 114 cm³/mol. The van der Waals surface area contributed by atoms with Gasteiger partial charge >= 0.3 is 0 Å². The van der Waals surface area contributed by atoms with E-state index >= 15 is 0 Å². The van der Waals surface area contributed by atoms with E-state index in [-0.39, 0.29) is 23.4 Å². The molecule has 1 N–H and O–H groups in total. The zero-order valence-electron chi connectivity index (χ0n) is 17.2. The van der Waals surface area contributed by atoms with Crippen LogP contribution in [0.2, 0.25) is 0 Å². The minimum Gasteiger partial charge on any atom is -0.367 e. The first-order valence-electron chi connectivity index (χ1n) is 10.4. The molecule has 0 unspecified atom stereocenters. The number of fused-ring (bicyclic) bond motifs is 1. The Balaban J connectivity index is 1.30. The smallest absolute Gasteiger partial charge is 0.279 e. The van der Waals surface area contributed by atoms with Crippen LogP contribution in [-0.2, 0) is 14.8 Å². The van der Waals surface area contributed by atoms with Gasteiger partial charge in [0.1, 0.15) is 18.2 Å². The second-order valence-electron chi connectivity index (χ2n) is 7.87. The maximum absolute atomic E-state index is 13.6. The monoisotopic (exact) mass is 459 g/mol. The number of carbonyl (C=O) groups is 1. The Hall–Kier alpha value is -3.12. The molecule has 12 heteroatoms. The summed E-state index contributed by atoms with van der Waals surface area (Å²) in [5, 5.41) is 6.61. The lowest BCUT2D eigenvalue weighted by molar-refractivity contribution is -0.134. The van der Waals surface area contributed by atoms with E-state index in [1.165, 1.54) is 16.4 Å². The van der Waals surface area contributed by atoms with Gasteiger partial charge in [-0.1, -0.05) is 0 Å². The molecule has 5 rings (SSSR count). The predicted octanol–water partition coefficient (Wildman–Crippen LogP) is 0.994. The Bertz CT molecular complexity index is 1240. The molecule has 2 aliphatic rings. The lowest BCUT2D eigenvalue weighted by Gasteiger charge is -2.38. The number of benzene rings is 1. The Labute approximate surface area is 184 Å². The quantitative estimate of drug-likeness (QED) is 0.619. The highest BCUT2D eigenvalue weighted by Gasteiger charge is 2.42. The third-order valence-electron chi connectivity index (χ3n) is 6.05. The van der Waals surface area contributed by atoms with Gasteiger partial charge in [-0.3, -0.25) is 9.78 Å². The summed E-state index contributed by atoms with van der Waals surface area (Å²) in [6.07, 6.45) is 3.88. The van der Waals surface area contributed by atoms with Gasteiger partial charge in [-0.05, 0) is 31.0 Å². The van der Waals surface area contributed by atoms with E-state index in [0.717, 1.165) is 17.4 Å². The first-order valence-corrected chi connectivity index (χ1v) is 11.8. The van der Waals surface area contributed by atoms with Gasteiger partial charge in [0.15, 0.2) is 0 Å². The third-order valence-corrected chi connectivity index (χ3v) is 7.79. The number of pyridine rings is 1. The van der Waals surface area contributed by atoms with E-state index in [2.05, 4.69) is 25.1 Å². The van der Waals surface area contributed by atoms with Gasteiger partial charge in [-0.25, -0.2) is 22.9 Å². The number of H-pyrrole nitrogens is 1. The van der Waals surface area contributed by atoms with E-state index in [9.17, 15) is 17.6 Å². The molecule has 0 spiro atoms. The lowest BCUT2D eigenvalue weighted by atomic mass is 10.1. The van der Waals surface area contributed by atoms with Gasteiger partial charge in [0.05, 0.1) is 5.52 Å². The van der Waals surface area contributed by atoms with Crippen LogP contribution in [0.3, 0.4) is 0 Å². The molecule has 0 bridgehead atoms. The van der Waals surface area contributed by atoms with Crippen molar-refractivity contribution in [3.05, 3.63) is 42.6 Å². The number of amides is 1. The van der Waals surface area contributed by atoms with Crippen molar-refractivity contribution in [2.75, 3.05) is 37.6 Å². The van der Waals surface area contributed by atoms with Crippen LogP contribution in [0.15, 0.2) is 41.9 Å². The molecule has 0 aliphatic carbocycles. The topological polar surface area (TPSA) is 115 Å². The molecule has 0 radical (unpaired) electrons. The number of sulfonamides is 1. The summed E-state index contributed by atoms with van der Waals surface area (Å²) >= 11 is 0. The SMILES string of the molecule is O=C([C@H]1CCCN1S(=O)(=O)c1ncn[nH]1)N1CCN(c2ccnc3cc(F)ccc23)CC1. The molecular formula is C20H22FN7O3S. The second kappa shape index (κ2) is 8.10. The average Bonchev–Trinajstić information content (AvgIpc) is 3.51. The summed E-state index contributed by atoms with van der Waals surface area (Å²) in [5.74, 6) is -0.522.